The van der Waals surface area contributed by atoms with Crippen LogP contribution in [0.25, 0.3) is 5.65 Å². The fraction of sp³-hybridized carbons (Fsp3) is 0.333. The summed E-state index contributed by atoms with van der Waals surface area (Å²) in [5, 5.41) is 5.14. The smallest absolute Gasteiger partial charge is 0.350 e. The van der Waals surface area contributed by atoms with Gasteiger partial charge in [0.1, 0.15) is 0 Å². The molecule has 3 aromatic rings. The van der Waals surface area contributed by atoms with E-state index in [-0.39, 0.29) is 5.69 Å². The first-order valence-corrected chi connectivity index (χ1v) is 8.85. The standard InChI is InChI=1S/C18H20ClN5O/c19-15-5-3-6-16(13-15)22-12-11-21(14-22)8-4-10-24-18(25)23-9-2-1-7-17(23)20-24/h1-3,5-7,9,13H,4,8,10-12,14H2. The van der Waals surface area contributed by atoms with Crippen LogP contribution in [0.4, 0.5) is 5.69 Å². The molecule has 6 nitrogen and oxygen atoms in total. The Bertz CT molecular complexity index is 934. The van der Waals surface area contributed by atoms with Gasteiger partial charge in [-0.05, 0) is 36.8 Å². The van der Waals surface area contributed by atoms with Gasteiger partial charge in [0.15, 0.2) is 5.65 Å². The summed E-state index contributed by atoms with van der Waals surface area (Å²) >= 11 is 6.08. The van der Waals surface area contributed by atoms with Crippen molar-refractivity contribution in [3.63, 3.8) is 0 Å². The maximum atomic E-state index is 12.3. The summed E-state index contributed by atoms with van der Waals surface area (Å²) in [5.41, 5.74) is 1.78. The number of nitrogens with zero attached hydrogens (tertiary/aromatic N) is 5. The van der Waals surface area contributed by atoms with Crippen molar-refractivity contribution in [2.45, 2.75) is 13.0 Å². The third-order valence-electron chi connectivity index (χ3n) is 4.56. The zero-order valence-corrected chi connectivity index (χ0v) is 14.6. The van der Waals surface area contributed by atoms with E-state index in [1.807, 2.05) is 36.4 Å². The minimum Gasteiger partial charge on any atom is -0.357 e. The number of fused-ring (bicyclic) bond motifs is 1. The van der Waals surface area contributed by atoms with Gasteiger partial charge >= 0.3 is 5.69 Å². The Morgan fingerprint density at radius 1 is 1.08 bits per heavy atom. The van der Waals surface area contributed by atoms with Crippen LogP contribution < -0.4 is 10.6 Å². The Labute approximate surface area is 150 Å². The molecule has 1 aliphatic heterocycles. The number of benzene rings is 1. The number of halogens is 1. The molecular formula is C18H20ClN5O. The highest BCUT2D eigenvalue weighted by Crippen LogP contribution is 2.22. The fourth-order valence-electron chi connectivity index (χ4n) is 3.27. The zero-order chi connectivity index (χ0) is 17.2. The van der Waals surface area contributed by atoms with Crippen molar-refractivity contribution in [3.05, 3.63) is 64.2 Å². The second kappa shape index (κ2) is 6.90. The van der Waals surface area contributed by atoms with Gasteiger partial charge in [0.2, 0.25) is 0 Å². The zero-order valence-electron chi connectivity index (χ0n) is 13.9. The predicted molar refractivity (Wildman–Crippen MR) is 99.3 cm³/mol. The first kappa shape index (κ1) is 16.2. The van der Waals surface area contributed by atoms with Gasteiger partial charge < -0.3 is 4.90 Å². The molecule has 0 atom stereocenters. The Morgan fingerprint density at radius 3 is 2.84 bits per heavy atom. The van der Waals surface area contributed by atoms with Gasteiger partial charge in [-0.1, -0.05) is 23.7 Å². The van der Waals surface area contributed by atoms with Crippen LogP contribution in [0.3, 0.4) is 0 Å². The van der Waals surface area contributed by atoms with Gasteiger partial charge in [-0.15, -0.1) is 5.10 Å². The molecular weight excluding hydrogens is 338 g/mol. The van der Waals surface area contributed by atoms with Crippen molar-refractivity contribution in [3.8, 4) is 0 Å². The molecule has 7 heteroatoms. The minimum absolute atomic E-state index is 0.0717. The number of aromatic nitrogens is 3. The van der Waals surface area contributed by atoms with Crippen molar-refractivity contribution >= 4 is 22.9 Å². The number of hydrogen-bond acceptors (Lipinski definition) is 4. The van der Waals surface area contributed by atoms with Crippen LogP contribution >= 0.6 is 11.6 Å². The van der Waals surface area contributed by atoms with Crippen LogP contribution in [0.15, 0.2) is 53.5 Å². The first-order valence-electron chi connectivity index (χ1n) is 8.48. The van der Waals surface area contributed by atoms with Gasteiger partial charge in [-0.25, -0.2) is 9.48 Å². The van der Waals surface area contributed by atoms with E-state index >= 15 is 0 Å². The van der Waals surface area contributed by atoms with Crippen LogP contribution in [-0.4, -0.2) is 45.4 Å². The summed E-state index contributed by atoms with van der Waals surface area (Å²) in [7, 11) is 0. The summed E-state index contributed by atoms with van der Waals surface area (Å²) in [6.45, 7) is 4.48. The number of anilines is 1. The molecule has 0 radical (unpaired) electrons. The highest BCUT2D eigenvalue weighted by atomic mass is 35.5. The molecule has 130 valence electrons. The van der Waals surface area contributed by atoms with E-state index in [0.717, 1.165) is 43.4 Å². The Hall–Kier alpha value is -2.31. The predicted octanol–water partition coefficient (Wildman–Crippen LogP) is 2.32. The summed E-state index contributed by atoms with van der Waals surface area (Å²) in [6, 6.07) is 13.5. The molecule has 1 aromatic carbocycles. The molecule has 2 aromatic heterocycles. The topological polar surface area (TPSA) is 45.8 Å². The van der Waals surface area contributed by atoms with Crippen molar-refractivity contribution in [2.75, 3.05) is 31.2 Å². The Morgan fingerprint density at radius 2 is 2.00 bits per heavy atom. The molecule has 0 bridgehead atoms. The van der Waals surface area contributed by atoms with Crippen LogP contribution in [0, 0.1) is 0 Å². The minimum atomic E-state index is -0.0717. The maximum Gasteiger partial charge on any atom is 0.350 e. The van der Waals surface area contributed by atoms with Gasteiger partial charge in [0.05, 0.1) is 6.67 Å². The molecule has 0 spiro atoms. The molecule has 4 rings (SSSR count). The van der Waals surface area contributed by atoms with E-state index in [9.17, 15) is 4.79 Å². The lowest BCUT2D eigenvalue weighted by Crippen LogP contribution is -2.28. The third kappa shape index (κ3) is 3.41. The largest absolute Gasteiger partial charge is 0.357 e. The fourth-order valence-corrected chi connectivity index (χ4v) is 3.45. The highest BCUT2D eigenvalue weighted by Gasteiger charge is 2.20. The van der Waals surface area contributed by atoms with E-state index in [0.29, 0.717) is 12.2 Å². The van der Waals surface area contributed by atoms with Gasteiger partial charge in [0.25, 0.3) is 0 Å². The first-order chi connectivity index (χ1) is 12.2. The average molecular weight is 358 g/mol. The molecule has 1 fully saturated rings. The van der Waals surface area contributed by atoms with Gasteiger partial charge in [-0.3, -0.25) is 9.30 Å². The lowest BCUT2D eigenvalue weighted by molar-refractivity contribution is 0.323. The summed E-state index contributed by atoms with van der Waals surface area (Å²) < 4.78 is 3.14. The van der Waals surface area contributed by atoms with Crippen molar-refractivity contribution in [2.24, 2.45) is 0 Å². The van der Waals surface area contributed by atoms with Gasteiger partial charge in [0, 0.05) is 43.1 Å². The molecule has 1 aliphatic rings. The Kier molecular flexibility index (Phi) is 4.46. The SMILES string of the molecule is O=c1n(CCCN2CCN(c3cccc(Cl)c3)C2)nc2ccccn12. The third-order valence-corrected chi connectivity index (χ3v) is 4.80. The molecule has 0 N–H and O–H groups in total. The lowest BCUT2D eigenvalue weighted by atomic mass is 10.3. The molecule has 0 aliphatic carbocycles. The van der Waals surface area contributed by atoms with E-state index in [4.69, 9.17) is 11.6 Å². The average Bonchev–Trinajstić information content (AvgIpc) is 3.21. The summed E-state index contributed by atoms with van der Waals surface area (Å²) in [4.78, 5) is 17.0. The molecule has 0 amide bonds. The van der Waals surface area contributed by atoms with Crippen LogP contribution in [0.2, 0.25) is 5.02 Å². The molecule has 1 saturated heterocycles. The number of rotatable bonds is 5. The van der Waals surface area contributed by atoms with E-state index in [1.165, 1.54) is 0 Å². The molecule has 0 saturated carbocycles. The second-order valence-corrected chi connectivity index (χ2v) is 6.73. The second-order valence-electron chi connectivity index (χ2n) is 6.29. The monoisotopic (exact) mass is 357 g/mol. The Balaban J connectivity index is 1.33. The van der Waals surface area contributed by atoms with Crippen LogP contribution in [0.5, 0.6) is 0 Å². The molecule has 0 unspecified atom stereocenters. The maximum absolute atomic E-state index is 12.3. The summed E-state index contributed by atoms with van der Waals surface area (Å²) in [5.74, 6) is 0. The lowest BCUT2D eigenvalue weighted by Gasteiger charge is -2.20. The molecule has 25 heavy (non-hydrogen) atoms. The quantitative estimate of drug-likeness (QED) is 0.703. The molecule has 3 heterocycles. The normalized spacial score (nSPS) is 15.3. The number of hydrogen-bond donors (Lipinski definition) is 0. The van der Waals surface area contributed by atoms with Crippen molar-refractivity contribution in [1.82, 2.24) is 19.1 Å². The number of pyridine rings is 1. The highest BCUT2D eigenvalue weighted by molar-refractivity contribution is 6.30. The van der Waals surface area contributed by atoms with E-state index in [2.05, 4.69) is 21.0 Å². The van der Waals surface area contributed by atoms with E-state index in [1.54, 1.807) is 15.3 Å². The van der Waals surface area contributed by atoms with Crippen molar-refractivity contribution < 1.29 is 0 Å². The van der Waals surface area contributed by atoms with E-state index < -0.39 is 0 Å². The van der Waals surface area contributed by atoms with Gasteiger partial charge in [-0.2, -0.15) is 0 Å². The number of aryl methyl sites for hydroxylation is 1. The van der Waals surface area contributed by atoms with Crippen LogP contribution in [0.1, 0.15) is 6.42 Å². The summed E-state index contributed by atoms with van der Waals surface area (Å²) in [6.07, 6.45) is 2.65. The van der Waals surface area contributed by atoms with Crippen molar-refractivity contribution in [1.29, 1.82) is 0 Å². The van der Waals surface area contributed by atoms with Crippen LogP contribution in [-0.2, 0) is 6.54 Å².